The van der Waals surface area contributed by atoms with Gasteiger partial charge in [-0.1, -0.05) is 37.3 Å². The number of aromatic nitrogens is 2. The Hall–Kier alpha value is -1.61. The Morgan fingerprint density at radius 2 is 2.05 bits per heavy atom. The highest BCUT2D eigenvalue weighted by Gasteiger charge is 2.11. The van der Waals surface area contributed by atoms with E-state index >= 15 is 0 Å². The second kappa shape index (κ2) is 7.10. The van der Waals surface area contributed by atoms with Crippen molar-refractivity contribution in [3.63, 3.8) is 0 Å². The van der Waals surface area contributed by atoms with Crippen LogP contribution in [-0.4, -0.2) is 16.1 Å². The standard InChI is InChI=1S/C16H23N3/c1-3-11-17-15(14-7-5-4-6-8-14)9-10-16-18-12-13-19(16)2/h4-8,12-13,15,17H,3,9-11H2,1-2H3. The first kappa shape index (κ1) is 13.8. The molecule has 1 N–H and O–H groups in total. The summed E-state index contributed by atoms with van der Waals surface area (Å²) in [7, 11) is 2.05. The van der Waals surface area contributed by atoms with Crippen molar-refractivity contribution in [2.45, 2.75) is 32.2 Å². The van der Waals surface area contributed by atoms with Crippen LogP contribution in [0, 0.1) is 0 Å². The first-order valence-corrected chi connectivity index (χ1v) is 7.05. The molecule has 0 aliphatic rings. The topological polar surface area (TPSA) is 29.9 Å². The van der Waals surface area contributed by atoms with Crippen molar-refractivity contribution in [2.24, 2.45) is 7.05 Å². The van der Waals surface area contributed by atoms with E-state index in [9.17, 15) is 0 Å². The van der Waals surface area contributed by atoms with Crippen LogP contribution in [0.5, 0.6) is 0 Å². The Bertz CT molecular complexity index is 476. The number of hydrogen-bond donors (Lipinski definition) is 1. The number of benzene rings is 1. The average molecular weight is 257 g/mol. The molecular weight excluding hydrogens is 234 g/mol. The van der Waals surface area contributed by atoms with Gasteiger partial charge in [0.05, 0.1) is 0 Å². The quantitative estimate of drug-likeness (QED) is 0.826. The fourth-order valence-corrected chi connectivity index (χ4v) is 2.30. The van der Waals surface area contributed by atoms with E-state index in [-0.39, 0.29) is 0 Å². The second-order valence-electron chi connectivity index (χ2n) is 4.91. The summed E-state index contributed by atoms with van der Waals surface area (Å²) in [6.07, 6.45) is 7.11. The summed E-state index contributed by atoms with van der Waals surface area (Å²) in [5.41, 5.74) is 1.37. The lowest BCUT2D eigenvalue weighted by Crippen LogP contribution is -2.23. The fraction of sp³-hybridized carbons (Fsp3) is 0.438. The predicted molar refractivity (Wildman–Crippen MR) is 79.0 cm³/mol. The lowest BCUT2D eigenvalue weighted by atomic mass is 10.0. The van der Waals surface area contributed by atoms with Crippen LogP contribution < -0.4 is 5.32 Å². The summed E-state index contributed by atoms with van der Waals surface area (Å²) >= 11 is 0. The van der Waals surface area contributed by atoms with Crippen molar-refractivity contribution in [2.75, 3.05) is 6.54 Å². The van der Waals surface area contributed by atoms with E-state index in [4.69, 9.17) is 0 Å². The maximum Gasteiger partial charge on any atom is 0.108 e. The number of aryl methyl sites for hydroxylation is 2. The van der Waals surface area contributed by atoms with Crippen molar-refractivity contribution in [3.8, 4) is 0 Å². The lowest BCUT2D eigenvalue weighted by Gasteiger charge is -2.19. The lowest BCUT2D eigenvalue weighted by molar-refractivity contribution is 0.491. The molecule has 3 nitrogen and oxygen atoms in total. The van der Waals surface area contributed by atoms with E-state index in [1.54, 1.807) is 0 Å². The Balaban J connectivity index is 2.00. The Morgan fingerprint density at radius 1 is 1.26 bits per heavy atom. The molecule has 0 saturated heterocycles. The van der Waals surface area contributed by atoms with E-state index in [0.717, 1.165) is 31.6 Å². The van der Waals surface area contributed by atoms with E-state index in [1.165, 1.54) is 5.56 Å². The average Bonchev–Trinajstić information content (AvgIpc) is 2.85. The van der Waals surface area contributed by atoms with Crippen molar-refractivity contribution in [3.05, 3.63) is 54.1 Å². The number of nitrogens with one attached hydrogen (secondary N) is 1. The van der Waals surface area contributed by atoms with Crippen LogP contribution >= 0.6 is 0 Å². The van der Waals surface area contributed by atoms with Crippen LogP contribution in [0.4, 0.5) is 0 Å². The summed E-state index contributed by atoms with van der Waals surface area (Å²) in [6, 6.07) is 11.1. The summed E-state index contributed by atoms with van der Waals surface area (Å²) in [5.74, 6) is 1.15. The molecule has 0 bridgehead atoms. The molecule has 0 amide bonds. The van der Waals surface area contributed by atoms with Crippen LogP contribution in [0.1, 0.15) is 37.2 Å². The molecule has 1 aromatic carbocycles. The molecule has 0 saturated carbocycles. The van der Waals surface area contributed by atoms with Gasteiger partial charge in [0.15, 0.2) is 0 Å². The SMILES string of the molecule is CCCNC(CCc1nccn1C)c1ccccc1. The Labute approximate surface area is 115 Å². The highest BCUT2D eigenvalue weighted by Crippen LogP contribution is 2.18. The third-order valence-corrected chi connectivity index (χ3v) is 3.42. The minimum absolute atomic E-state index is 0.415. The van der Waals surface area contributed by atoms with Crippen molar-refractivity contribution in [1.29, 1.82) is 0 Å². The summed E-state index contributed by atoms with van der Waals surface area (Å²) in [4.78, 5) is 4.40. The molecule has 0 aliphatic carbocycles. The summed E-state index contributed by atoms with van der Waals surface area (Å²) in [5, 5.41) is 3.63. The Kier molecular flexibility index (Phi) is 5.16. The minimum Gasteiger partial charge on any atom is -0.338 e. The van der Waals surface area contributed by atoms with Crippen LogP contribution in [0.3, 0.4) is 0 Å². The molecule has 3 heteroatoms. The smallest absolute Gasteiger partial charge is 0.108 e. The van der Waals surface area contributed by atoms with Gasteiger partial charge in [0.2, 0.25) is 0 Å². The van der Waals surface area contributed by atoms with Gasteiger partial charge in [0.25, 0.3) is 0 Å². The van der Waals surface area contributed by atoms with Crippen LogP contribution in [0.15, 0.2) is 42.7 Å². The van der Waals surface area contributed by atoms with Crippen molar-refractivity contribution < 1.29 is 0 Å². The maximum atomic E-state index is 4.40. The molecule has 0 fully saturated rings. The summed E-state index contributed by atoms with van der Waals surface area (Å²) < 4.78 is 2.10. The summed E-state index contributed by atoms with van der Waals surface area (Å²) in [6.45, 7) is 3.26. The van der Waals surface area contributed by atoms with Gasteiger partial charge in [-0.25, -0.2) is 4.98 Å². The third kappa shape index (κ3) is 3.93. The van der Waals surface area contributed by atoms with Gasteiger partial charge in [0.1, 0.15) is 5.82 Å². The number of imidazole rings is 1. The van der Waals surface area contributed by atoms with E-state index in [0.29, 0.717) is 6.04 Å². The fourth-order valence-electron chi connectivity index (χ4n) is 2.30. The normalized spacial score (nSPS) is 12.5. The van der Waals surface area contributed by atoms with Crippen LogP contribution in [0.25, 0.3) is 0 Å². The van der Waals surface area contributed by atoms with E-state index < -0.39 is 0 Å². The zero-order valence-corrected chi connectivity index (χ0v) is 11.8. The molecule has 1 unspecified atom stereocenters. The number of nitrogens with zero attached hydrogens (tertiary/aromatic N) is 2. The largest absolute Gasteiger partial charge is 0.338 e. The van der Waals surface area contributed by atoms with Gasteiger partial charge in [0, 0.05) is 31.9 Å². The highest BCUT2D eigenvalue weighted by atomic mass is 15.0. The van der Waals surface area contributed by atoms with Crippen molar-refractivity contribution in [1.82, 2.24) is 14.9 Å². The molecule has 1 heterocycles. The molecule has 2 aromatic rings. The molecule has 102 valence electrons. The van der Waals surface area contributed by atoms with Gasteiger partial charge in [-0.15, -0.1) is 0 Å². The zero-order chi connectivity index (χ0) is 13.5. The molecule has 1 atom stereocenters. The number of hydrogen-bond acceptors (Lipinski definition) is 2. The van der Waals surface area contributed by atoms with Gasteiger partial charge < -0.3 is 9.88 Å². The first-order valence-electron chi connectivity index (χ1n) is 7.05. The number of rotatable bonds is 7. The van der Waals surface area contributed by atoms with Crippen molar-refractivity contribution >= 4 is 0 Å². The molecule has 0 aliphatic heterocycles. The van der Waals surface area contributed by atoms with Crippen LogP contribution in [-0.2, 0) is 13.5 Å². The molecule has 2 rings (SSSR count). The van der Waals surface area contributed by atoms with E-state index in [1.807, 2.05) is 12.4 Å². The predicted octanol–water partition coefficient (Wildman–Crippen LogP) is 3.09. The monoisotopic (exact) mass is 257 g/mol. The van der Waals surface area contributed by atoms with Gasteiger partial charge in [-0.3, -0.25) is 0 Å². The molecule has 0 radical (unpaired) electrons. The second-order valence-corrected chi connectivity index (χ2v) is 4.91. The Morgan fingerprint density at radius 3 is 2.68 bits per heavy atom. The molecule has 1 aromatic heterocycles. The third-order valence-electron chi connectivity index (χ3n) is 3.42. The van der Waals surface area contributed by atoms with Gasteiger partial charge in [-0.2, -0.15) is 0 Å². The van der Waals surface area contributed by atoms with E-state index in [2.05, 4.69) is 59.2 Å². The van der Waals surface area contributed by atoms with Gasteiger partial charge in [-0.05, 0) is 24.9 Å². The molecule has 0 spiro atoms. The maximum absolute atomic E-state index is 4.40. The zero-order valence-electron chi connectivity index (χ0n) is 11.8. The first-order chi connectivity index (χ1) is 9.31. The minimum atomic E-state index is 0.415. The molecule has 19 heavy (non-hydrogen) atoms. The highest BCUT2D eigenvalue weighted by molar-refractivity contribution is 5.19. The van der Waals surface area contributed by atoms with Gasteiger partial charge >= 0.3 is 0 Å². The van der Waals surface area contributed by atoms with Crippen LogP contribution in [0.2, 0.25) is 0 Å². The molecular formula is C16H23N3.